The van der Waals surface area contributed by atoms with Crippen LogP contribution in [-0.4, -0.2) is 29.9 Å². The Morgan fingerprint density at radius 2 is 1.47 bits per heavy atom. The maximum absolute atomic E-state index is 13.8. The number of amides is 1. The third-order valence-electron chi connectivity index (χ3n) is 6.76. The Kier molecular flexibility index (Phi) is 4.22. The van der Waals surface area contributed by atoms with Crippen molar-refractivity contribution in [2.45, 2.75) is 38.3 Å². The SMILES string of the molecule is CCNc1ccc2c(c1)Oc1cc(NCC)ccc1C21c2ccccc2C(=O)N1C1CC1. The lowest BCUT2D eigenvalue weighted by Gasteiger charge is -2.44. The fourth-order valence-corrected chi connectivity index (χ4v) is 5.42. The number of hydrogen-bond donors (Lipinski definition) is 2. The number of anilines is 2. The van der Waals surface area contributed by atoms with E-state index in [9.17, 15) is 4.79 Å². The van der Waals surface area contributed by atoms with E-state index in [2.05, 4.69) is 71.8 Å². The minimum atomic E-state index is -0.673. The lowest BCUT2D eigenvalue weighted by Crippen LogP contribution is -2.48. The quantitative estimate of drug-likeness (QED) is 0.561. The van der Waals surface area contributed by atoms with Crippen molar-refractivity contribution in [1.82, 2.24) is 4.90 Å². The van der Waals surface area contributed by atoms with Crippen molar-refractivity contribution >= 4 is 17.3 Å². The minimum Gasteiger partial charge on any atom is -0.456 e. The molecule has 3 aromatic carbocycles. The Hall–Kier alpha value is -3.47. The Bertz CT molecular complexity index is 1180. The van der Waals surface area contributed by atoms with E-state index < -0.39 is 5.54 Å². The van der Waals surface area contributed by atoms with E-state index in [0.717, 1.165) is 71.1 Å². The molecule has 5 heteroatoms. The molecule has 0 radical (unpaired) electrons. The molecule has 0 saturated heterocycles. The molecule has 3 aliphatic rings. The van der Waals surface area contributed by atoms with E-state index in [0.29, 0.717) is 0 Å². The summed E-state index contributed by atoms with van der Waals surface area (Å²) < 4.78 is 6.52. The van der Waals surface area contributed by atoms with Gasteiger partial charge in [0, 0.05) is 59.3 Å². The van der Waals surface area contributed by atoms with Gasteiger partial charge in [-0.25, -0.2) is 0 Å². The molecule has 1 amide bonds. The summed E-state index contributed by atoms with van der Waals surface area (Å²) >= 11 is 0. The largest absolute Gasteiger partial charge is 0.456 e. The summed E-state index contributed by atoms with van der Waals surface area (Å²) in [6.07, 6.45) is 2.08. The van der Waals surface area contributed by atoms with Crippen LogP contribution in [0.1, 0.15) is 53.7 Å². The van der Waals surface area contributed by atoms with Crippen molar-refractivity contribution in [3.05, 3.63) is 82.9 Å². The maximum atomic E-state index is 13.8. The second-order valence-electron chi connectivity index (χ2n) is 8.75. The molecule has 5 nitrogen and oxygen atoms in total. The summed E-state index contributed by atoms with van der Waals surface area (Å²) in [5.41, 5.74) is 5.28. The molecule has 6 rings (SSSR count). The highest BCUT2D eigenvalue weighted by Gasteiger charge is 2.59. The number of carbonyl (C=O) groups excluding carboxylic acids is 1. The highest BCUT2D eigenvalue weighted by atomic mass is 16.5. The summed E-state index contributed by atoms with van der Waals surface area (Å²) in [4.78, 5) is 15.9. The van der Waals surface area contributed by atoms with Gasteiger partial charge < -0.3 is 20.3 Å². The summed E-state index contributed by atoms with van der Waals surface area (Å²) in [5, 5.41) is 6.79. The van der Waals surface area contributed by atoms with E-state index in [1.165, 1.54) is 0 Å². The standard InChI is InChI=1S/C27H27N3O2/c1-3-28-17-9-13-22-24(15-17)32-25-16-18(29-4-2)10-14-23(25)27(22)21-8-6-5-7-20(21)26(31)30(27)19-11-12-19/h5-10,13-16,19,28-29H,3-4,11-12H2,1-2H3. The zero-order valence-electron chi connectivity index (χ0n) is 18.4. The molecule has 0 aromatic heterocycles. The molecule has 1 fully saturated rings. The van der Waals surface area contributed by atoms with Gasteiger partial charge in [-0.15, -0.1) is 0 Å². The van der Waals surface area contributed by atoms with Gasteiger partial charge in [-0.3, -0.25) is 4.79 Å². The van der Waals surface area contributed by atoms with Gasteiger partial charge in [0.1, 0.15) is 17.0 Å². The highest BCUT2D eigenvalue weighted by molar-refractivity contribution is 6.02. The molecular weight excluding hydrogens is 398 g/mol. The van der Waals surface area contributed by atoms with Gasteiger partial charge in [0.15, 0.2) is 0 Å². The summed E-state index contributed by atoms with van der Waals surface area (Å²) in [7, 11) is 0. The van der Waals surface area contributed by atoms with Crippen LogP contribution in [0.2, 0.25) is 0 Å². The minimum absolute atomic E-state index is 0.119. The molecule has 2 N–H and O–H groups in total. The summed E-state index contributed by atoms with van der Waals surface area (Å²) in [6.45, 7) is 5.84. The van der Waals surface area contributed by atoms with Crippen molar-refractivity contribution in [1.29, 1.82) is 0 Å². The molecule has 1 spiro atoms. The molecule has 1 saturated carbocycles. The zero-order valence-corrected chi connectivity index (χ0v) is 18.4. The predicted octanol–water partition coefficient (Wildman–Crippen LogP) is 5.57. The van der Waals surface area contributed by atoms with Crippen LogP contribution < -0.4 is 15.4 Å². The molecule has 32 heavy (non-hydrogen) atoms. The third kappa shape index (κ3) is 2.54. The molecule has 3 aromatic rings. The average molecular weight is 426 g/mol. The second kappa shape index (κ2) is 7.02. The van der Waals surface area contributed by atoms with E-state index >= 15 is 0 Å². The van der Waals surface area contributed by atoms with Gasteiger partial charge in [-0.2, -0.15) is 0 Å². The van der Waals surface area contributed by atoms with Crippen molar-refractivity contribution in [3.8, 4) is 11.5 Å². The fourth-order valence-electron chi connectivity index (χ4n) is 5.42. The molecule has 0 bridgehead atoms. The number of rotatable bonds is 5. The lowest BCUT2D eigenvalue weighted by molar-refractivity contribution is 0.0645. The van der Waals surface area contributed by atoms with Crippen LogP contribution in [0.5, 0.6) is 11.5 Å². The average Bonchev–Trinajstić information content (AvgIpc) is 3.60. The number of benzene rings is 3. The van der Waals surface area contributed by atoms with Crippen molar-refractivity contribution < 1.29 is 9.53 Å². The fraction of sp³-hybridized carbons (Fsp3) is 0.296. The van der Waals surface area contributed by atoms with E-state index in [4.69, 9.17) is 4.74 Å². The lowest BCUT2D eigenvalue weighted by atomic mass is 9.74. The first kappa shape index (κ1) is 19.2. The normalized spacial score (nSPS) is 17.4. The number of nitrogens with zero attached hydrogens (tertiary/aromatic N) is 1. The van der Waals surface area contributed by atoms with Crippen molar-refractivity contribution in [3.63, 3.8) is 0 Å². The zero-order chi connectivity index (χ0) is 21.9. The van der Waals surface area contributed by atoms with Crippen LogP contribution in [0.25, 0.3) is 0 Å². The predicted molar refractivity (Wildman–Crippen MR) is 127 cm³/mol. The molecular formula is C27H27N3O2. The number of carbonyl (C=O) groups is 1. The van der Waals surface area contributed by atoms with Gasteiger partial charge in [-0.05, 0) is 50.5 Å². The Labute approximate surface area is 188 Å². The van der Waals surface area contributed by atoms with Gasteiger partial charge >= 0.3 is 0 Å². The molecule has 0 unspecified atom stereocenters. The Morgan fingerprint density at radius 1 is 0.875 bits per heavy atom. The van der Waals surface area contributed by atoms with E-state index in [1.54, 1.807) is 0 Å². The first-order valence-corrected chi connectivity index (χ1v) is 11.6. The van der Waals surface area contributed by atoms with Crippen LogP contribution in [0.15, 0.2) is 60.7 Å². The number of hydrogen-bond acceptors (Lipinski definition) is 4. The monoisotopic (exact) mass is 425 g/mol. The molecule has 0 atom stereocenters. The van der Waals surface area contributed by atoms with Crippen LogP contribution in [0.4, 0.5) is 11.4 Å². The molecule has 2 heterocycles. The van der Waals surface area contributed by atoms with Crippen LogP contribution in [0.3, 0.4) is 0 Å². The number of fused-ring (bicyclic) bond motifs is 6. The van der Waals surface area contributed by atoms with Crippen LogP contribution in [-0.2, 0) is 5.54 Å². The number of nitrogens with one attached hydrogen (secondary N) is 2. The first-order chi connectivity index (χ1) is 15.7. The van der Waals surface area contributed by atoms with Crippen LogP contribution >= 0.6 is 0 Å². The van der Waals surface area contributed by atoms with Gasteiger partial charge in [0.2, 0.25) is 0 Å². The molecule has 1 aliphatic carbocycles. The summed E-state index contributed by atoms with van der Waals surface area (Å²) in [5.74, 6) is 1.73. The smallest absolute Gasteiger partial charge is 0.255 e. The van der Waals surface area contributed by atoms with E-state index in [-0.39, 0.29) is 11.9 Å². The molecule has 2 aliphatic heterocycles. The van der Waals surface area contributed by atoms with Gasteiger partial charge in [0.25, 0.3) is 5.91 Å². The van der Waals surface area contributed by atoms with Gasteiger partial charge in [0.05, 0.1) is 0 Å². The van der Waals surface area contributed by atoms with Crippen molar-refractivity contribution in [2.75, 3.05) is 23.7 Å². The maximum Gasteiger partial charge on any atom is 0.255 e. The molecule has 162 valence electrons. The highest BCUT2D eigenvalue weighted by Crippen LogP contribution is 2.60. The van der Waals surface area contributed by atoms with E-state index in [1.807, 2.05) is 18.2 Å². The number of ether oxygens (including phenoxy) is 1. The van der Waals surface area contributed by atoms with Crippen molar-refractivity contribution in [2.24, 2.45) is 0 Å². The topological polar surface area (TPSA) is 53.6 Å². The second-order valence-corrected chi connectivity index (χ2v) is 8.75. The Balaban J connectivity index is 1.67. The van der Waals surface area contributed by atoms with Crippen LogP contribution in [0, 0.1) is 0 Å². The van der Waals surface area contributed by atoms with Gasteiger partial charge in [-0.1, -0.05) is 30.3 Å². The summed E-state index contributed by atoms with van der Waals surface area (Å²) in [6, 6.07) is 20.9. The first-order valence-electron chi connectivity index (χ1n) is 11.6. The Morgan fingerprint density at radius 3 is 2.03 bits per heavy atom. The third-order valence-corrected chi connectivity index (χ3v) is 6.76.